The van der Waals surface area contributed by atoms with Crippen LogP contribution in [0.25, 0.3) is 4.85 Å². The highest BCUT2D eigenvalue weighted by Crippen LogP contribution is 2.47. The molecule has 2 fully saturated rings. The lowest BCUT2D eigenvalue weighted by Gasteiger charge is -2.53. The van der Waals surface area contributed by atoms with Gasteiger partial charge in [-0.2, -0.15) is 52.7 Å². The topological polar surface area (TPSA) is 179 Å². The standard InChI is InChI=1S/C37H39F6N3O5.C36H40F6N2O6/c1-25(27-18-29(36(38,39)40)20-30(19-27)37(41,42)43)50-24-35(28-14-10-7-11-15-28)17-16-34(22-44-5,45-31(47)51-33(2,3)4)23-46(35)32(48)49-21-26-12-8-6-9-13-26;1-24(26-17-28(35(37,38)39)19-29(18-26)36(40,41)42)49-23-34(27-13-9-6-10-14-27)16-15-33(22-45,43-30(46)50-32(2,3)4)21-44(34)31(47)48-20-25-11-7-5-8-12-25/h6-15,18-20,25H,16-17,21-24H2,1-4H3,(H,45,47);5-14,17-19,24,45H,15-16,20-23H2,1-4H3,(H,43,46)/t25-,34?,35-;24-,33?,34-/m11/s1. The van der Waals surface area contributed by atoms with Crippen molar-refractivity contribution in [2.24, 2.45) is 0 Å². The van der Waals surface area contributed by atoms with Crippen molar-refractivity contribution in [1.29, 1.82) is 0 Å². The molecule has 28 heteroatoms. The molecule has 16 nitrogen and oxygen atoms in total. The number of hydrogen-bond acceptors (Lipinski definition) is 11. The fourth-order valence-corrected chi connectivity index (χ4v) is 11.7. The Balaban J connectivity index is 0.000000283. The van der Waals surface area contributed by atoms with Gasteiger partial charge in [0.15, 0.2) is 0 Å². The number of nitrogens with one attached hydrogen (secondary N) is 2. The molecule has 0 aliphatic carbocycles. The van der Waals surface area contributed by atoms with Crippen molar-refractivity contribution in [3.8, 4) is 0 Å². The molecule has 546 valence electrons. The van der Waals surface area contributed by atoms with Crippen LogP contribution in [-0.4, -0.2) is 101 Å². The molecular formula is C73H79F12N5O11. The van der Waals surface area contributed by atoms with Crippen molar-refractivity contribution in [3.63, 3.8) is 0 Å². The Labute approximate surface area is 577 Å². The molecule has 0 saturated carbocycles. The minimum Gasteiger partial charge on any atom is -0.445 e. The van der Waals surface area contributed by atoms with E-state index in [1.54, 1.807) is 163 Å². The van der Waals surface area contributed by atoms with E-state index in [1.807, 2.05) is 0 Å². The number of ether oxygens (including phenoxy) is 6. The number of alkyl halides is 12. The Bertz CT molecular complexity index is 3750. The van der Waals surface area contributed by atoms with E-state index in [4.69, 9.17) is 35.0 Å². The number of halogens is 12. The van der Waals surface area contributed by atoms with Crippen molar-refractivity contribution < 1.29 is 105 Å². The Morgan fingerprint density at radius 2 is 0.792 bits per heavy atom. The number of likely N-dealkylation sites (tertiary alicyclic amines) is 2. The van der Waals surface area contributed by atoms with Gasteiger partial charge in [0.1, 0.15) is 30.0 Å². The number of carbonyl (C=O) groups excluding carboxylic acids is 4. The second-order valence-corrected chi connectivity index (χ2v) is 26.9. The van der Waals surface area contributed by atoms with E-state index >= 15 is 0 Å². The lowest BCUT2D eigenvalue weighted by Crippen LogP contribution is -2.68. The zero-order valence-corrected chi connectivity index (χ0v) is 56.6. The normalized spacial score (nSPS) is 20.4. The van der Waals surface area contributed by atoms with E-state index in [9.17, 15) is 77.0 Å². The number of aliphatic hydroxyl groups is 1. The molecule has 4 amide bonds. The van der Waals surface area contributed by atoms with Crippen LogP contribution in [0, 0.1) is 6.57 Å². The fraction of sp³-hybridized carbons (Fsp3) is 0.438. The van der Waals surface area contributed by atoms with Gasteiger partial charge in [0.05, 0.1) is 84.0 Å². The first-order valence-corrected chi connectivity index (χ1v) is 31.9. The van der Waals surface area contributed by atoms with Crippen LogP contribution in [0.15, 0.2) is 158 Å². The van der Waals surface area contributed by atoms with Crippen LogP contribution in [0.3, 0.4) is 0 Å². The van der Waals surface area contributed by atoms with Gasteiger partial charge in [-0.3, -0.25) is 9.80 Å². The minimum absolute atomic E-state index is 0.0247. The van der Waals surface area contributed by atoms with Gasteiger partial charge in [-0.15, -0.1) is 0 Å². The number of rotatable bonds is 18. The molecule has 6 aromatic rings. The van der Waals surface area contributed by atoms with Gasteiger partial charge in [0, 0.05) is 0 Å². The van der Waals surface area contributed by atoms with Crippen molar-refractivity contribution in [1.82, 2.24) is 20.4 Å². The second kappa shape index (κ2) is 31.9. The smallest absolute Gasteiger partial charge is 0.416 e. The first-order chi connectivity index (χ1) is 47.0. The summed E-state index contributed by atoms with van der Waals surface area (Å²) in [6.45, 7) is 17.8. The molecule has 8 rings (SSSR count). The molecule has 0 bridgehead atoms. The largest absolute Gasteiger partial charge is 0.445 e. The molecule has 2 unspecified atom stereocenters. The van der Waals surface area contributed by atoms with E-state index in [2.05, 4.69) is 15.5 Å². The monoisotopic (exact) mass is 1430 g/mol. The van der Waals surface area contributed by atoms with Gasteiger partial charge < -0.3 is 49.0 Å². The number of amides is 4. The van der Waals surface area contributed by atoms with E-state index in [0.717, 1.165) is 0 Å². The van der Waals surface area contributed by atoms with Crippen LogP contribution >= 0.6 is 0 Å². The zero-order chi connectivity index (χ0) is 74.6. The maximum absolute atomic E-state index is 14.2. The fourth-order valence-electron chi connectivity index (χ4n) is 11.7. The summed E-state index contributed by atoms with van der Waals surface area (Å²) in [6, 6.07) is 37.2. The quantitative estimate of drug-likeness (QED) is 0.0424. The molecule has 3 N–H and O–H groups in total. The molecule has 6 atom stereocenters. The van der Waals surface area contributed by atoms with Gasteiger partial charge in [0.25, 0.3) is 0 Å². The Hall–Kier alpha value is -9.07. The van der Waals surface area contributed by atoms with Crippen molar-refractivity contribution in [2.45, 2.75) is 165 Å². The van der Waals surface area contributed by atoms with Crippen molar-refractivity contribution in [2.75, 3.05) is 39.5 Å². The average Bonchev–Trinajstić information content (AvgIpc) is 0.753. The summed E-state index contributed by atoms with van der Waals surface area (Å²) in [5.74, 6) is 0. The summed E-state index contributed by atoms with van der Waals surface area (Å²) in [6.07, 6.45) is -25.9. The zero-order valence-electron chi connectivity index (χ0n) is 56.6. The lowest BCUT2D eigenvalue weighted by atomic mass is 9.74. The van der Waals surface area contributed by atoms with Crippen LogP contribution < -0.4 is 10.6 Å². The molecule has 6 aromatic carbocycles. The molecule has 2 heterocycles. The number of aliphatic hydroxyl groups excluding tert-OH is 1. The molecule has 0 aromatic heterocycles. The van der Waals surface area contributed by atoms with Gasteiger partial charge in [-0.1, -0.05) is 121 Å². The molecule has 101 heavy (non-hydrogen) atoms. The number of piperidine rings is 2. The highest BCUT2D eigenvalue weighted by molar-refractivity contribution is 5.73. The average molecular weight is 1430 g/mol. The van der Waals surface area contributed by atoms with Crippen LogP contribution in [0.1, 0.15) is 149 Å². The third-order valence-electron chi connectivity index (χ3n) is 17.0. The number of carbonyl (C=O) groups is 4. The summed E-state index contributed by atoms with van der Waals surface area (Å²) in [5, 5.41) is 16.1. The number of alkyl carbamates (subject to hydrolysis) is 2. The second-order valence-electron chi connectivity index (χ2n) is 26.9. The van der Waals surface area contributed by atoms with Crippen molar-refractivity contribution >= 4 is 24.4 Å². The maximum atomic E-state index is 14.2. The van der Waals surface area contributed by atoms with Gasteiger partial charge in [0.2, 0.25) is 6.54 Å². The Morgan fingerprint density at radius 3 is 1.10 bits per heavy atom. The van der Waals surface area contributed by atoms with Crippen LogP contribution in [0.4, 0.5) is 71.9 Å². The summed E-state index contributed by atoms with van der Waals surface area (Å²) in [7, 11) is 0. The van der Waals surface area contributed by atoms with E-state index in [-0.39, 0.29) is 81.8 Å². The summed E-state index contributed by atoms with van der Waals surface area (Å²) in [5.41, 5.74) is -11.6. The predicted molar refractivity (Wildman–Crippen MR) is 346 cm³/mol. The first-order valence-electron chi connectivity index (χ1n) is 31.9. The summed E-state index contributed by atoms with van der Waals surface area (Å²) < 4.78 is 199. The molecule has 2 aliphatic rings. The first kappa shape index (κ1) is 79.3. The third-order valence-corrected chi connectivity index (χ3v) is 17.0. The molecule has 0 radical (unpaired) electrons. The van der Waals surface area contributed by atoms with Crippen molar-refractivity contribution in [3.05, 3.63) is 225 Å². The number of benzene rings is 6. The molecule has 0 spiro atoms. The highest BCUT2D eigenvalue weighted by Gasteiger charge is 2.56. The number of hydrogen-bond donors (Lipinski definition) is 3. The molecular weight excluding hydrogens is 1350 g/mol. The molecule has 2 saturated heterocycles. The summed E-state index contributed by atoms with van der Waals surface area (Å²) in [4.78, 5) is 60.3. The van der Waals surface area contributed by atoms with Crippen LogP contribution in [0.2, 0.25) is 0 Å². The van der Waals surface area contributed by atoms with Crippen LogP contribution in [0.5, 0.6) is 0 Å². The van der Waals surface area contributed by atoms with E-state index < -0.39 is 137 Å². The Morgan fingerprint density at radius 1 is 0.485 bits per heavy atom. The van der Waals surface area contributed by atoms with E-state index in [0.29, 0.717) is 46.5 Å². The third kappa shape index (κ3) is 21.3. The number of nitrogens with zero attached hydrogens (tertiary/aromatic N) is 3. The predicted octanol–water partition coefficient (Wildman–Crippen LogP) is 17.7. The Kier molecular flexibility index (Phi) is 25.0. The van der Waals surface area contributed by atoms with Gasteiger partial charge in [-0.05, 0) is 151 Å². The minimum atomic E-state index is -5.06. The van der Waals surface area contributed by atoms with Crippen LogP contribution in [-0.2, 0) is 77.4 Å². The lowest BCUT2D eigenvalue weighted by molar-refractivity contribution is -0.145. The van der Waals surface area contributed by atoms with Gasteiger partial charge >= 0.3 is 49.1 Å². The highest BCUT2D eigenvalue weighted by atomic mass is 19.4. The SMILES string of the molecule is C[C@@H](OC[C@@]1(c2ccccc2)CCC(CO)(NC(=O)OC(C)(C)C)CN1C(=O)OCc1ccccc1)c1cc(C(F)(F)F)cc(C(F)(F)F)c1.[C-]#[N+]CC1(NC(=O)OC(C)(C)C)CC[C@@](CO[C@H](C)c2cc(C(F)(F)F)cc(C(F)(F)F)c2)(c2ccccc2)N(C(=O)OCc2ccccc2)C1. The van der Waals surface area contributed by atoms with E-state index in [1.165, 1.54) is 23.6 Å². The van der Waals surface area contributed by atoms with Gasteiger partial charge in [-0.25, -0.2) is 25.8 Å². The molecule has 2 aliphatic heterocycles. The maximum Gasteiger partial charge on any atom is 0.416 e. The summed E-state index contributed by atoms with van der Waals surface area (Å²) >= 11 is 0.